The number of piperazine rings is 1. The smallest absolute Gasteiger partial charge is 0.128 e. The lowest BCUT2D eigenvalue weighted by Crippen LogP contribution is -2.47. The Morgan fingerprint density at radius 2 is 1.89 bits per heavy atom. The van der Waals surface area contributed by atoms with Gasteiger partial charge in [0.1, 0.15) is 5.82 Å². The first-order chi connectivity index (χ1) is 17.2. The van der Waals surface area contributed by atoms with E-state index >= 15 is 0 Å². The standard InChI is InChI=1S/C28H31N7/c1-30-19-25(18-29)24-17-26(27-9-11-32-35(27)21-24)23-7-8-28(31-20-23)34-15-13-33(14-16-34)12-10-22-5-3-2-4-6-22/h2-9,11,17-21H,10,12-16,29H2,1H3. The lowest BCUT2D eigenvalue weighted by atomic mass is 10.0. The Labute approximate surface area is 206 Å². The van der Waals surface area contributed by atoms with Crippen LogP contribution in [-0.2, 0) is 6.42 Å². The van der Waals surface area contributed by atoms with Gasteiger partial charge in [-0.1, -0.05) is 30.3 Å². The minimum atomic E-state index is 0.848. The van der Waals surface area contributed by atoms with Crippen LogP contribution < -0.4 is 10.6 Å². The van der Waals surface area contributed by atoms with Gasteiger partial charge in [-0.05, 0) is 36.2 Å². The van der Waals surface area contributed by atoms with E-state index in [9.17, 15) is 0 Å². The molecule has 7 nitrogen and oxygen atoms in total. The molecule has 0 aliphatic carbocycles. The van der Waals surface area contributed by atoms with Gasteiger partial charge in [-0.25, -0.2) is 9.50 Å². The van der Waals surface area contributed by atoms with Crippen molar-refractivity contribution >= 4 is 23.1 Å². The van der Waals surface area contributed by atoms with Gasteiger partial charge in [-0.15, -0.1) is 0 Å². The molecule has 0 saturated carbocycles. The number of fused-ring (bicyclic) bond motifs is 1. The number of hydrogen-bond donors (Lipinski definition) is 1. The Balaban J connectivity index is 1.29. The first-order valence-corrected chi connectivity index (χ1v) is 12.0. The molecule has 0 atom stereocenters. The SMILES string of the molecule is CN=CC(=CN)c1cc(-c2ccc(N3CCN(CCc4ccccc4)CC3)nc2)c2ccnn2c1. The molecule has 35 heavy (non-hydrogen) atoms. The Morgan fingerprint density at radius 3 is 2.60 bits per heavy atom. The third kappa shape index (κ3) is 5.10. The fourth-order valence-corrected chi connectivity index (χ4v) is 4.64. The van der Waals surface area contributed by atoms with E-state index in [2.05, 4.69) is 68.4 Å². The fraction of sp³-hybridized carbons (Fsp3) is 0.250. The van der Waals surface area contributed by atoms with Gasteiger partial charge in [0.25, 0.3) is 0 Å². The van der Waals surface area contributed by atoms with E-state index in [-0.39, 0.29) is 0 Å². The van der Waals surface area contributed by atoms with Crippen molar-refractivity contribution in [1.82, 2.24) is 19.5 Å². The average Bonchev–Trinajstić information content (AvgIpc) is 3.40. The van der Waals surface area contributed by atoms with Crippen molar-refractivity contribution in [3.63, 3.8) is 0 Å². The summed E-state index contributed by atoms with van der Waals surface area (Å²) in [5.41, 5.74) is 12.2. The second kappa shape index (κ2) is 10.5. The Kier molecular flexibility index (Phi) is 6.86. The highest BCUT2D eigenvalue weighted by Crippen LogP contribution is 2.29. The van der Waals surface area contributed by atoms with Crippen LogP contribution in [0.25, 0.3) is 22.2 Å². The van der Waals surface area contributed by atoms with Crippen LogP contribution in [0.4, 0.5) is 5.82 Å². The van der Waals surface area contributed by atoms with Crippen molar-refractivity contribution in [2.24, 2.45) is 10.7 Å². The number of anilines is 1. The molecule has 5 rings (SSSR count). The molecule has 178 valence electrons. The van der Waals surface area contributed by atoms with Crippen LogP contribution in [0.3, 0.4) is 0 Å². The van der Waals surface area contributed by atoms with Crippen LogP contribution >= 0.6 is 0 Å². The minimum Gasteiger partial charge on any atom is -0.404 e. The van der Waals surface area contributed by atoms with Crippen LogP contribution in [0.15, 0.2) is 84.4 Å². The molecule has 0 amide bonds. The van der Waals surface area contributed by atoms with E-state index in [1.807, 2.05) is 23.0 Å². The van der Waals surface area contributed by atoms with Gasteiger partial charge < -0.3 is 10.6 Å². The first-order valence-electron chi connectivity index (χ1n) is 12.0. The molecule has 4 aromatic rings. The second-order valence-electron chi connectivity index (χ2n) is 8.78. The number of nitrogens with two attached hydrogens (primary N) is 1. The highest BCUT2D eigenvalue weighted by Gasteiger charge is 2.18. The molecule has 1 aliphatic rings. The summed E-state index contributed by atoms with van der Waals surface area (Å²) < 4.78 is 1.88. The van der Waals surface area contributed by atoms with E-state index in [1.54, 1.807) is 25.7 Å². The number of aromatic nitrogens is 3. The quantitative estimate of drug-likeness (QED) is 0.421. The summed E-state index contributed by atoms with van der Waals surface area (Å²) >= 11 is 0. The molecule has 1 aromatic carbocycles. The van der Waals surface area contributed by atoms with Crippen molar-refractivity contribution in [3.8, 4) is 11.1 Å². The Morgan fingerprint density at radius 1 is 1.06 bits per heavy atom. The zero-order valence-electron chi connectivity index (χ0n) is 20.1. The maximum Gasteiger partial charge on any atom is 0.128 e. The summed E-state index contributed by atoms with van der Waals surface area (Å²) in [6.07, 6.45) is 10.2. The Hall–Kier alpha value is -3.97. The zero-order valence-corrected chi connectivity index (χ0v) is 20.1. The maximum atomic E-state index is 5.86. The third-order valence-electron chi connectivity index (χ3n) is 6.60. The molecule has 1 fully saturated rings. The van der Waals surface area contributed by atoms with Crippen LogP contribution in [-0.4, -0.2) is 65.5 Å². The van der Waals surface area contributed by atoms with E-state index < -0.39 is 0 Å². The van der Waals surface area contributed by atoms with Crippen molar-refractivity contribution < 1.29 is 0 Å². The lowest BCUT2D eigenvalue weighted by Gasteiger charge is -2.35. The molecular formula is C28H31N7. The number of hydrogen-bond acceptors (Lipinski definition) is 6. The lowest BCUT2D eigenvalue weighted by molar-refractivity contribution is 0.260. The van der Waals surface area contributed by atoms with E-state index in [0.29, 0.717) is 0 Å². The van der Waals surface area contributed by atoms with Crippen molar-refractivity contribution in [2.75, 3.05) is 44.7 Å². The van der Waals surface area contributed by atoms with E-state index in [4.69, 9.17) is 10.7 Å². The normalized spacial score (nSPS) is 15.3. The highest BCUT2D eigenvalue weighted by molar-refractivity contribution is 6.10. The molecule has 7 heteroatoms. The topological polar surface area (TPSA) is 75.0 Å². The van der Waals surface area contributed by atoms with Crippen molar-refractivity contribution in [2.45, 2.75) is 6.42 Å². The number of rotatable bonds is 7. The zero-order chi connectivity index (χ0) is 24.0. The fourth-order valence-electron chi connectivity index (χ4n) is 4.64. The Bertz CT molecular complexity index is 1310. The molecule has 0 unspecified atom stereocenters. The molecule has 1 saturated heterocycles. The number of benzene rings is 1. The number of pyridine rings is 2. The highest BCUT2D eigenvalue weighted by atomic mass is 15.3. The summed E-state index contributed by atoms with van der Waals surface area (Å²) in [6.45, 7) is 5.20. The molecular weight excluding hydrogens is 434 g/mol. The summed E-state index contributed by atoms with van der Waals surface area (Å²) in [5.74, 6) is 1.03. The third-order valence-corrected chi connectivity index (χ3v) is 6.60. The molecule has 1 aliphatic heterocycles. The molecule has 0 bridgehead atoms. The molecule has 3 aromatic heterocycles. The summed E-state index contributed by atoms with van der Waals surface area (Å²) in [4.78, 5) is 13.9. The molecule has 2 N–H and O–H groups in total. The number of allylic oxidation sites excluding steroid dienone is 1. The predicted octanol–water partition coefficient (Wildman–Crippen LogP) is 3.76. The number of nitrogens with zero attached hydrogens (tertiary/aromatic N) is 6. The number of aliphatic imine (C=N–C) groups is 1. The summed E-state index contributed by atoms with van der Waals surface area (Å²) in [6, 6.07) is 19.1. The van der Waals surface area contributed by atoms with Gasteiger partial charge in [0.15, 0.2) is 0 Å². The first kappa shape index (κ1) is 22.8. The molecule has 4 heterocycles. The average molecular weight is 466 g/mol. The van der Waals surface area contributed by atoms with Gasteiger partial charge in [0.2, 0.25) is 0 Å². The van der Waals surface area contributed by atoms with Crippen molar-refractivity contribution in [1.29, 1.82) is 0 Å². The van der Waals surface area contributed by atoms with Crippen LogP contribution in [0.5, 0.6) is 0 Å². The molecule has 0 spiro atoms. The van der Waals surface area contributed by atoms with E-state index in [1.165, 1.54) is 5.56 Å². The van der Waals surface area contributed by atoms with E-state index in [0.717, 1.165) is 72.7 Å². The van der Waals surface area contributed by atoms with Crippen LogP contribution in [0, 0.1) is 0 Å². The van der Waals surface area contributed by atoms with Crippen LogP contribution in [0.1, 0.15) is 11.1 Å². The maximum absolute atomic E-state index is 5.86. The van der Waals surface area contributed by atoms with Gasteiger partial charge in [0.05, 0.1) is 5.52 Å². The monoisotopic (exact) mass is 465 g/mol. The van der Waals surface area contributed by atoms with Gasteiger partial charge in [0, 0.05) is 93.0 Å². The second-order valence-corrected chi connectivity index (χ2v) is 8.78. The summed E-state index contributed by atoms with van der Waals surface area (Å²) in [5, 5.41) is 4.45. The minimum absolute atomic E-state index is 0.848. The summed E-state index contributed by atoms with van der Waals surface area (Å²) in [7, 11) is 1.74. The van der Waals surface area contributed by atoms with Gasteiger partial charge in [-0.3, -0.25) is 9.89 Å². The largest absolute Gasteiger partial charge is 0.404 e. The van der Waals surface area contributed by atoms with Gasteiger partial charge in [-0.2, -0.15) is 5.10 Å². The molecule has 0 radical (unpaired) electrons. The van der Waals surface area contributed by atoms with Crippen LogP contribution in [0.2, 0.25) is 0 Å². The van der Waals surface area contributed by atoms with Gasteiger partial charge >= 0.3 is 0 Å². The van der Waals surface area contributed by atoms with Crippen molar-refractivity contribution in [3.05, 3.63) is 90.5 Å². The predicted molar refractivity (Wildman–Crippen MR) is 144 cm³/mol.